The molecule has 27 heavy (non-hydrogen) atoms. The van der Waals surface area contributed by atoms with Crippen LogP contribution in [0.15, 0.2) is 53.5 Å². The van der Waals surface area contributed by atoms with E-state index in [1.165, 1.54) is 11.8 Å². The summed E-state index contributed by atoms with van der Waals surface area (Å²) >= 11 is 3.21. The molecule has 1 aliphatic heterocycles. The molecule has 2 aromatic rings. The van der Waals surface area contributed by atoms with Gasteiger partial charge in [-0.2, -0.15) is 0 Å². The van der Waals surface area contributed by atoms with Crippen molar-refractivity contribution in [2.24, 2.45) is 4.99 Å². The number of amides is 1. The molecule has 0 unspecified atom stereocenters. The predicted octanol–water partition coefficient (Wildman–Crippen LogP) is 3.73. The van der Waals surface area contributed by atoms with Gasteiger partial charge in [0.2, 0.25) is 5.91 Å². The van der Waals surface area contributed by atoms with E-state index in [0.717, 1.165) is 27.8 Å². The van der Waals surface area contributed by atoms with Gasteiger partial charge in [-0.15, -0.1) is 0 Å². The highest BCUT2D eigenvalue weighted by Crippen LogP contribution is 2.29. The topological polar surface area (TPSA) is 59.9 Å². The molecule has 0 saturated carbocycles. The van der Waals surface area contributed by atoms with Gasteiger partial charge in [-0.3, -0.25) is 9.79 Å². The summed E-state index contributed by atoms with van der Waals surface area (Å²) in [6, 6.07) is 15.7. The van der Waals surface area contributed by atoms with Crippen molar-refractivity contribution in [3.8, 4) is 11.5 Å². The number of methoxy groups -OCH3 is 1. The molecular weight excluding hydrogens is 380 g/mol. The van der Waals surface area contributed by atoms with Crippen LogP contribution in [0.25, 0.3) is 0 Å². The number of hydrogen-bond donors (Lipinski definition) is 1. The summed E-state index contributed by atoms with van der Waals surface area (Å²) in [4.78, 5) is 16.3. The van der Waals surface area contributed by atoms with Gasteiger partial charge in [0.1, 0.15) is 11.0 Å². The largest absolute Gasteiger partial charge is 0.493 e. The van der Waals surface area contributed by atoms with Gasteiger partial charge in [-0.1, -0.05) is 59.9 Å². The fourth-order valence-electron chi connectivity index (χ4n) is 2.46. The second kappa shape index (κ2) is 10.3. The summed E-state index contributed by atoms with van der Waals surface area (Å²) in [6.07, 6.45) is 0. The molecule has 0 bridgehead atoms. The van der Waals surface area contributed by atoms with Crippen molar-refractivity contribution < 1.29 is 14.3 Å². The molecule has 1 N–H and O–H groups in total. The molecule has 0 fully saturated rings. The predicted molar refractivity (Wildman–Crippen MR) is 113 cm³/mol. The Morgan fingerprint density at radius 2 is 2.04 bits per heavy atom. The normalized spacial score (nSPS) is 13.1. The molecule has 0 aromatic heterocycles. The van der Waals surface area contributed by atoms with Crippen molar-refractivity contribution in [2.45, 2.75) is 13.2 Å². The third kappa shape index (κ3) is 6.22. The average molecular weight is 403 g/mol. The van der Waals surface area contributed by atoms with Gasteiger partial charge in [0, 0.05) is 12.3 Å². The Morgan fingerprint density at radius 3 is 2.78 bits per heavy atom. The van der Waals surface area contributed by atoms with E-state index in [0.29, 0.717) is 30.4 Å². The summed E-state index contributed by atoms with van der Waals surface area (Å²) in [5.74, 6) is 2.74. The zero-order valence-corrected chi connectivity index (χ0v) is 16.8. The smallest absolute Gasteiger partial charge is 0.230 e. The quantitative estimate of drug-likeness (QED) is 0.729. The second-order valence-corrected chi connectivity index (χ2v) is 8.13. The van der Waals surface area contributed by atoms with Gasteiger partial charge in [0.15, 0.2) is 11.5 Å². The lowest BCUT2D eigenvalue weighted by molar-refractivity contribution is -0.118. The fraction of sp³-hybridized carbons (Fsp3) is 0.300. The molecule has 0 atom stereocenters. The molecule has 1 heterocycles. The molecule has 142 valence electrons. The Hall–Kier alpha value is -2.12. The molecule has 0 aliphatic carbocycles. The first-order valence-corrected chi connectivity index (χ1v) is 10.6. The minimum atomic E-state index is -0.00132. The van der Waals surface area contributed by atoms with Crippen LogP contribution in [0.5, 0.6) is 11.5 Å². The number of aliphatic imine (C=N–C) groups is 1. The maximum Gasteiger partial charge on any atom is 0.230 e. The molecule has 0 radical (unpaired) electrons. The first kappa shape index (κ1) is 19.6. The maximum absolute atomic E-state index is 12.0. The molecule has 1 amide bonds. The highest BCUT2D eigenvalue weighted by Gasteiger charge is 2.11. The maximum atomic E-state index is 12.0. The minimum Gasteiger partial charge on any atom is -0.493 e. The van der Waals surface area contributed by atoms with Crippen LogP contribution in [0.3, 0.4) is 0 Å². The summed E-state index contributed by atoms with van der Waals surface area (Å²) in [7, 11) is 1.61. The van der Waals surface area contributed by atoms with Crippen LogP contribution in [0.1, 0.15) is 11.1 Å². The van der Waals surface area contributed by atoms with Crippen LogP contribution in [0.2, 0.25) is 0 Å². The van der Waals surface area contributed by atoms with E-state index >= 15 is 0 Å². The molecule has 5 nitrogen and oxygen atoms in total. The van der Waals surface area contributed by atoms with Gasteiger partial charge in [-0.25, -0.2) is 0 Å². The molecule has 1 aliphatic rings. The van der Waals surface area contributed by atoms with E-state index in [2.05, 4.69) is 10.3 Å². The number of carbonyl (C=O) groups excluding carboxylic acids is 1. The van der Waals surface area contributed by atoms with Gasteiger partial charge < -0.3 is 14.8 Å². The highest BCUT2D eigenvalue weighted by molar-refractivity contribution is 8.39. The lowest BCUT2D eigenvalue weighted by Crippen LogP contribution is -2.24. The summed E-state index contributed by atoms with van der Waals surface area (Å²) in [6.45, 7) is 1.79. The number of ether oxygens (including phenoxy) is 2. The Balaban J connectivity index is 1.50. The molecule has 3 rings (SSSR count). The second-order valence-electron chi connectivity index (χ2n) is 5.82. The Kier molecular flexibility index (Phi) is 7.47. The molecule has 2 aromatic carbocycles. The zero-order chi connectivity index (χ0) is 18.9. The standard InChI is InChI=1S/C20H22N2O3S2/c1-24-18-11-16(12-22-19(23)14-27-20-21-9-10-26-20)7-8-17(18)25-13-15-5-3-2-4-6-15/h2-8,11H,9-10,12-14H2,1H3,(H,22,23). The third-order valence-electron chi connectivity index (χ3n) is 3.84. The lowest BCUT2D eigenvalue weighted by Gasteiger charge is -2.13. The van der Waals surface area contributed by atoms with Crippen molar-refractivity contribution in [3.63, 3.8) is 0 Å². The van der Waals surface area contributed by atoms with Crippen LogP contribution < -0.4 is 14.8 Å². The highest BCUT2D eigenvalue weighted by atomic mass is 32.2. The molecule has 7 heteroatoms. The number of thioether (sulfide) groups is 2. The number of benzene rings is 2. The Morgan fingerprint density at radius 1 is 1.19 bits per heavy atom. The van der Waals surface area contributed by atoms with Crippen molar-refractivity contribution in [1.29, 1.82) is 0 Å². The first-order valence-electron chi connectivity index (χ1n) is 8.65. The van der Waals surface area contributed by atoms with E-state index < -0.39 is 0 Å². The van der Waals surface area contributed by atoms with Crippen LogP contribution in [-0.2, 0) is 17.9 Å². The van der Waals surface area contributed by atoms with Crippen LogP contribution in [-0.4, -0.2) is 35.4 Å². The number of carbonyl (C=O) groups is 1. The third-order valence-corrected chi connectivity index (χ3v) is 6.09. The molecular formula is C20H22N2O3S2. The Bertz CT molecular complexity index is 797. The van der Waals surface area contributed by atoms with Crippen LogP contribution in [0.4, 0.5) is 0 Å². The number of nitrogens with one attached hydrogen (secondary N) is 1. The first-order chi connectivity index (χ1) is 13.2. The molecule has 0 saturated heterocycles. The average Bonchev–Trinajstić information content (AvgIpc) is 3.24. The van der Waals surface area contributed by atoms with Crippen molar-refractivity contribution in [2.75, 3.05) is 25.2 Å². The monoisotopic (exact) mass is 402 g/mol. The van der Waals surface area contributed by atoms with Gasteiger partial charge >= 0.3 is 0 Å². The summed E-state index contributed by atoms with van der Waals surface area (Å²) < 4.78 is 12.3. The SMILES string of the molecule is COc1cc(CNC(=O)CSC2=NCCS2)ccc1OCc1ccccc1. The van der Waals surface area contributed by atoms with Crippen LogP contribution >= 0.6 is 23.5 Å². The van der Waals surface area contributed by atoms with E-state index in [1.807, 2.05) is 48.5 Å². The molecule has 0 spiro atoms. The van der Waals surface area contributed by atoms with Gasteiger partial charge in [-0.05, 0) is 23.3 Å². The fourth-order valence-corrected chi connectivity index (χ4v) is 4.30. The van der Waals surface area contributed by atoms with Crippen LogP contribution in [0, 0.1) is 0 Å². The zero-order valence-electron chi connectivity index (χ0n) is 15.1. The van der Waals surface area contributed by atoms with Crippen molar-refractivity contribution >= 4 is 33.8 Å². The van der Waals surface area contributed by atoms with E-state index in [1.54, 1.807) is 18.9 Å². The van der Waals surface area contributed by atoms with Crippen molar-refractivity contribution in [3.05, 3.63) is 59.7 Å². The van der Waals surface area contributed by atoms with Crippen molar-refractivity contribution in [1.82, 2.24) is 5.32 Å². The lowest BCUT2D eigenvalue weighted by atomic mass is 10.2. The van der Waals surface area contributed by atoms with Gasteiger partial charge in [0.05, 0.1) is 19.4 Å². The number of nitrogens with zero attached hydrogens (tertiary/aromatic N) is 1. The number of rotatable bonds is 8. The number of hydrogen-bond acceptors (Lipinski definition) is 6. The Labute approximate surface area is 167 Å². The summed E-state index contributed by atoms with van der Waals surface area (Å²) in [5, 5.41) is 2.93. The van der Waals surface area contributed by atoms with E-state index in [4.69, 9.17) is 9.47 Å². The van der Waals surface area contributed by atoms with E-state index in [-0.39, 0.29) is 5.91 Å². The van der Waals surface area contributed by atoms with E-state index in [9.17, 15) is 4.79 Å². The minimum absolute atomic E-state index is 0.00132. The van der Waals surface area contributed by atoms with Gasteiger partial charge in [0.25, 0.3) is 0 Å². The summed E-state index contributed by atoms with van der Waals surface area (Å²) in [5.41, 5.74) is 2.06.